The Balaban J connectivity index is 1.36. The number of nitrogens with one attached hydrogen (secondary N) is 1. The van der Waals surface area contributed by atoms with Crippen LogP contribution >= 0.6 is 0 Å². The van der Waals surface area contributed by atoms with Crippen molar-refractivity contribution in [3.63, 3.8) is 0 Å². The maximum Gasteiger partial charge on any atom is 0.224 e. The SMILES string of the molecule is CC1(O)CCC(Nc2nccc(-n3ccc4c(N5CCC(S(C)(=O)=O)CC5)cccc43)n2)CC1. The third kappa shape index (κ3) is 4.77. The third-order valence-electron chi connectivity index (χ3n) is 7.38. The lowest BCUT2D eigenvalue weighted by Crippen LogP contribution is -2.39. The fourth-order valence-electron chi connectivity index (χ4n) is 5.27. The van der Waals surface area contributed by atoms with Crippen molar-refractivity contribution in [2.75, 3.05) is 29.6 Å². The molecular weight excluding hydrogens is 450 g/mol. The third-order valence-corrected chi connectivity index (χ3v) is 9.06. The molecule has 182 valence electrons. The van der Waals surface area contributed by atoms with Gasteiger partial charge in [0.1, 0.15) is 15.7 Å². The zero-order chi connectivity index (χ0) is 23.9. The standard InChI is InChI=1S/C25H33N5O3S/c1-25(31)12-6-18(7-13-25)27-24-26-14-8-23(28-24)30-17-11-20-21(4-3-5-22(20)30)29-15-9-19(10-16-29)34(2,32)33/h3-5,8,11,14,17-19,31H,6-7,9-10,12-13,15-16H2,1-2H3,(H,26,27,28). The molecule has 0 amide bonds. The average Bonchev–Trinajstić information content (AvgIpc) is 3.25. The second-order valence-electron chi connectivity index (χ2n) is 10.1. The Bertz CT molecular complexity index is 1270. The van der Waals surface area contributed by atoms with E-state index in [1.807, 2.05) is 25.3 Å². The summed E-state index contributed by atoms with van der Waals surface area (Å²) >= 11 is 0. The Morgan fingerprint density at radius 3 is 2.53 bits per heavy atom. The normalized spacial score (nSPS) is 24.4. The highest BCUT2D eigenvalue weighted by molar-refractivity contribution is 7.91. The lowest BCUT2D eigenvalue weighted by Gasteiger charge is -2.33. The summed E-state index contributed by atoms with van der Waals surface area (Å²) in [5.74, 6) is 1.40. The minimum absolute atomic E-state index is 0.241. The number of piperidine rings is 1. The molecule has 1 aliphatic carbocycles. The van der Waals surface area contributed by atoms with Crippen molar-refractivity contribution >= 4 is 32.4 Å². The summed E-state index contributed by atoms with van der Waals surface area (Å²) in [6, 6.07) is 10.5. The second-order valence-corrected chi connectivity index (χ2v) is 12.4. The summed E-state index contributed by atoms with van der Waals surface area (Å²) in [7, 11) is -2.99. The van der Waals surface area contributed by atoms with Crippen LogP contribution in [0, 0.1) is 0 Å². The molecule has 2 fully saturated rings. The molecule has 3 heterocycles. The largest absolute Gasteiger partial charge is 0.390 e. The van der Waals surface area contributed by atoms with Crippen LogP contribution in [0.5, 0.6) is 0 Å². The van der Waals surface area contributed by atoms with E-state index in [1.54, 1.807) is 6.20 Å². The molecule has 0 radical (unpaired) electrons. The Morgan fingerprint density at radius 2 is 1.82 bits per heavy atom. The molecule has 9 heteroatoms. The zero-order valence-corrected chi connectivity index (χ0v) is 20.6. The molecule has 0 spiro atoms. The predicted octanol–water partition coefficient (Wildman–Crippen LogP) is 3.54. The molecule has 0 bridgehead atoms. The molecule has 1 aromatic carbocycles. The molecule has 3 aromatic rings. The average molecular weight is 484 g/mol. The van der Waals surface area contributed by atoms with E-state index in [1.165, 1.54) is 6.26 Å². The summed E-state index contributed by atoms with van der Waals surface area (Å²) in [5, 5.41) is 14.5. The highest BCUT2D eigenvalue weighted by Crippen LogP contribution is 2.32. The topological polar surface area (TPSA) is 100 Å². The van der Waals surface area contributed by atoms with Crippen LogP contribution < -0.4 is 10.2 Å². The van der Waals surface area contributed by atoms with E-state index in [2.05, 4.69) is 38.0 Å². The Labute approximate surface area is 200 Å². The van der Waals surface area contributed by atoms with Crippen LogP contribution in [-0.4, -0.2) is 64.3 Å². The monoisotopic (exact) mass is 483 g/mol. The second kappa shape index (κ2) is 8.85. The number of hydrogen-bond acceptors (Lipinski definition) is 7. The molecule has 0 atom stereocenters. The van der Waals surface area contributed by atoms with E-state index < -0.39 is 15.4 Å². The van der Waals surface area contributed by atoms with Crippen LogP contribution in [0.3, 0.4) is 0 Å². The maximum absolute atomic E-state index is 11.9. The van der Waals surface area contributed by atoms with Gasteiger partial charge in [0.25, 0.3) is 0 Å². The highest BCUT2D eigenvalue weighted by Gasteiger charge is 2.29. The van der Waals surface area contributed by atoms with Gasteiger partial charge in [-0.05, 0) is 69.7 Å². The molecule has 34 heavy (non-hydrogen) atoms. The van der Waals surface area contributed by atoms with Gasteiger partial charge in [-0.2, -0.15) is 4.98 Å². The van der Waals surface area contributed by atoms with Crippen molar-refractivity contribution in [1.82, 2.24) is 14.5 Å². The molecule has 5 rings (SSSR count). The summed E-state index contributed by atoms with van der Waals surface area (Å²) < 4.78 is 25.9. The van der Waals surface area contributed by atoms with Crippen molar-refractivity contribution in [3.8, 4) is 5.82 Å². The number of anilines is 2. The van der Waals surface area contributed by atoms with Crippen LogP contribution in [0.15, 0.2) is 42.7 Å². The van der Waals surface area contributed by atoms with Crippen molar-refractivity contribution in [2.45, 2.75) is 62.3 Å². The number of hydrogen-bond donors (Lipinski definition) is 2. The Morgan fingerprint density at radius 1 is 1.09 bits per heavy atom. The molecule has 8 nitrogen and oxygen atoms in total. The number of aliphatic hydroxyl groups is 1. The number of fused-ring (bicyclic) bond motifs is 1. The Kier molecular flexibility index (Phi) is 6.02. The number of benzene rings is 1. The van der Waals surface area contributed by atoms with Gasteiger partial charge >= 0.3 is 0 Å². The van der Waals surface area contributed by atoms with Gasteiger partial charge < -0.3 is 19.9 Å². The first-order valence-corrected chi connectivity index (χ1v) is 14.0. The van der Waals surface area contributed by atoms with Gasteiger partial charge in [0.15, 0.2) is 0 Å². The van der Waals surface area contributed by atoms with Gasteiger partial charge in [-0.3, -0.25) is 0 Å². The summed E-state index contributed by atoms with van der Waals surface area (Å²) in [6.07, 6.45) is 9.81. The smallest absolute Gasteiger partial charge is 0.224 e. The van der Waals surface area contributed by atoms with Crippen molar-refractivity contribution in [3.05, 3.63) is 42.7 Å². The first kappa shape index (κ1) is 23.1. The lowest BCUT2D eigenvalue weighted by atomic mass is 9.84. The minimum Gasteiger partial charge on any atom is -0.390 e. The van der Waals surface area contributed by atoms with Crippen LogP contribution in [0.2, 0.25) is 0 Å². The first-order chi connectivity index (χ1) is 16.2. The number of nitrogens with zero attached hydrogens (tertiary/aromatic N) is 4. The fraction of sp³-hybridized carbons (Fsp3) is 0.520. The molecule has 2 N–H and O–H groups in total. The van der Waals surface area contributed by atoms with Gasteiger partial charge in [0, 0.05) is 48.9 Å². The molecule has 1 aliphatic heterocycles. The van der Waals surface area contributed by atoms with E-state index in [0.717, 1.165) is 61.2 Å². The van der Waals surface area contributed by atoms with E-state index in [9.17, 15) is 13.5 Å². The van der Waals surface area contributed by atoms with Gasteiger partial charge in [-0.15, -0.1) is 0 Å². The summed E-state index contributed by atoms with van der Waals surface area (Å²) in [4.78, 5) is 11.5. The van der Waals surface area contributed by atoms with Gasteiger partial charge in [0.2, 0.25) is 5.95 Å². The maximum atomic E-state index is 11.9. The van der Waals surface area contributed by atoms with Gasteiger partial charge in [0.05, 0.1) is 16.4 Å². The highest BCUT2D eigenvalue weighted by atomic mass is 32.2. The molecule has 2 aliphatic rings. The molecular formula is C25H33N5O3S. The number of sulfone groups is 1. The van der Waals surface area contributed by atoms with Crippen molar-refractivity contribution in [2.24, 2.45) is 0 Å². The van der Waals surface area contributed by atoms with E-state index in [0.29, 0.717) is 18.8 Å². The summed E-state index contributed by atoms with van der Waals surface area (Å²) in [5.41, 5.74) is 1.62. The molecule has 1 saturated heterocycles. The molecule has 1 saturated carbocycles. The van der Waals surface area contributed by atoms with E-state index in [4.69, 9.17) is 4.98 Å². The first-order valence-electron chi connectivity index (χ1n) is 12.1. The quantitative estimate of drug-likeness (QED) is 0.572. The summed E-state index contributed by atoms with van der Waals surface area (Å²) in [6.45, 7) is 3.37. The minimum atomic E-state index is -2.99. The van der Waals surface area contributed by atoms with E-state index in [-0.39, 0.29) is 11.3 Å². The zero-order valence-electron chi connectivity index (χ0n) is 19.8. The predicted molar refractivity (Wildman–Crippen MR) is 135 cm³/mol. The number of aromatic nitrogens is 3. The van der Waals surface area contributed by atoms with Gasteiger partial charge in [-0.25, -0.2) is 13.4 Å². The van der Waals surface area contributed by atoms with Crippen LogP contribution in [0.4, 0.5) is 11.6 Å². The van der Waals surface area contributed by atoms with Crippen LogP contribution in [0.25, 0.3) is 16.7 Å². The van der Waals surface area contributed by atoms with Crippen LogP contribution in [0.1, 0.15) is 45.4 Å². The van der Waals surface area contributed by atoms with Crippen molar-refractivity contribution in [1.29, 1.82) is 0 Å². The van der Waals surface area contributed by atoms with Crippen LogP contribution in [-0.2, 0) is 9.84 Å². The van der Waals surface area contributed by atoms with Crippen molar-refractivity contribution < 1.29 is 13.5 Å². The number of rotatable bonds is 5. The van der Waals surface area contributed by atoms with Gasteiger partial charge in [-0.1, -0.05) is 6.07 Å². The lowest BCUT2D eigenvalue weighted by molar-refractivity contribution is 0.0195. The molecule has 2 aromatic heterocycles. The Hall–Kier alpha value is -2.65. The fourth-order valence-corrected chi connectivity index (χ4v) is 6.34. The molecule has 0 unspecified atom stereocenters. The van der Waals surface area contributed by atoms with E-state index >= 15 is 0 Å².